The van der Waals surface area contributed by atoms with Gasteiger partial charge in [-0.2, -0.15) is 0 Å². The summed E-state index contributed by atoms with van der Waals surface area (Å²) in [5.74, 6) is -0.361. The number of hydrogen-bond acceptors (Lipinski definition) is 3. The molecule has 2 amide bonds. The fraction of sp³-hybridized carbons (Fsp3) is 0.333. The first kappa shape index (κ1) is 20.8. The maximum atomic E-state index is 12.8. The van der Waals surface area contributed by atoms with Crippen molar-refractivity contribution in [2.45, 2.75) is 39.8 Å². The molecule has 0 saturated carbocycles. The fourth-order valence-electron chi connectivity index (χ4n) is 2.53. The summed E-state index contributed by atoms with van der Waals surface area (Å²) >= 11 is 6.01. The van der Waals surface area contributed by atoms with E-state index in [4.69, 9.17) is 16.3 Å². The second kappa shape index (κ2) is 9.97. The third kappa shape index (κ3) is 6.29. The minimum Gasteiger partial charge on any atom is -0.445 e. The average Bonchev–Trinajstić information content (AvgIpc) is 2.67. The topological polar surface area (TPSA) is 67.4 Å². The maximum absolute atomic E-state index is 12.8. The van der Waals surface area contributed by atoms with Crippen molar-refractivity contribution in [2.24, 2.45) is 5.92 Å². The van der Waals surface area contributed by atoms with Crippen molar-refractivity contribution in [3.05, 3.63) is 64.7 Å². The van der Waals surface area contributed by atoms with Gasteiger partial charge in [-0.05, 0) is 36.1 Å². The Morgan fingerprint density at radius 2 is 1.85 bits per heavy atom. The van der Waals surface area contributed by atoms with Gasteiger partial charge in [0.15, 0.2) is 0 Å². The lowest BCUT2D eigenvalue weighted by atomic mass is 9.98. The first-order valence-corrected chi connectivity index (χ1v) is 9.32. The Morgan fingerprint density at radius 3 is 2.52 bits per heavy atom. The van der Waals surface area contributed by atoms with Gasteiger partial charge in [-0.1, -0.05) is 68.3 Å². The minimum atomic E-state index is -0.711. The standard InChI is InChI=1S/C21H25ClN2O3/c1-4-14(2)19(20(25)23-18-12-17(22)11-10-15(18)3)24-21(26)27-13-16-8-6-5-7-9-16/h5-12,14,19H,4,13H2,1-3H3,(H,23,25)(H,24,26)/t14-,19-/m0/s1. The monoisotopic (exact) mass is 388 g/mol. The summed E-state index contributed by atoms with van der Waals surface area (Å²) in [6.45, 7) is 5.90. The number of alkyl carbamates (subject to hydrolysis) is 1. The molecule has 0 unspecified atom stereocenters. The predicted octanol–water partition coefficient (Wildman–Crippen LogP) is 4.93. The Balaban J connectivity index is 2.02. The lowest BCUT2D eigenvalue weighted by Gasteiger charge is -2.23. The van der Waals surface area contributed by atoms with Gasteiger partial charge in [0.25, 0.3) is 0 Å². The quantitative estimate of drug-likeness (QED) is 0.706. The normalized spacial score (nSPS) is 12.7. The predicted molar refractivity (Wildman–Crippen MR) is 108 cm³/mol. The SMILES string of the molecule is CC[C@H](C)[C@H](NC(=O)OCc1ccccc1)C(=O)Nc1cc(Cl)ccc1C. The molecule has 2 aromatic carbocycles. The highest BCUT2D eigenvalue weighted by atomic mass is 35.5. The number of carbonyl (C=O) groups is 2. The van der Waals surface area contributed by atoms with Gasteiger partial charge in [-0.25, -0.2) is 4.79 Å². The summed E-state index contributed by atoms with van der Waals surface area (Å²) in [6.07, 6.45) is 0.105. The Hall–Kier alpha value is -2.53. The molecule has 0 saturated heterocycles. The molecule has 5 nitrogen and oxygen atoms in total. The van der Waals surface area contributed by atoms with E-state index in [2.05, 4.69) is 10.6 Å². The van der Waals surface area contributed by atoms with Crippen LogP contribution in [0.25, 0.3) is 0 Å². The van der Waals surface area contributed by atoms with E-state index < -0.39 is 12.1 Å². The van der Waals surface area contributed by atoms with E-state index in [0.29, 0.717) is 10.7 Å². The Morgan fingerprint density at radius 1 is 1.15 bits per heavy atom. The summed E-state index contributed by atoms with van der Waals surface area (Å²) in [6, 6.07) is 14.0. The van der Waals surface area contributed by atoms with E-state index in [-0.39, 0.29) is 18.4 Å². The average molecular weight is 389 g/mol. The smallest absolute Gasteiger partial charge is 0.408 e. The lowest BCUT2D eigenvalue weighted by molar-refractivity contribution is -0.119. The number of aryl methyl sites for hydroxylation is 1. The third-order valence-corrected chi connectivity index (χ3v) is 4.67. The molecule has 0 aliphatic rings. The molecule has 0 radical (unpaired) electrons. The van der Waals surface area contributed by atoms with Crippen LogP contribution in [-0.2, 0) is 16.1 Å². The van der Waals surface area contributed by atoms with Crippen LogP contribution in [0.15, 0.2) is 48.5 Å². The molecule has 6 heteroatoms. The van der Waals surface area contributed by atoms with E-state index >= 15 is 0 Å². The molecular formula is C21H25ClN2O3. The van der Waals surface area contributed by atoms with Crippen LogP contribution in [0.3, 0.4) is 0 Å². The van der Waals surface area contributed by atoms with Crippen LogP contribution in [-0.4, -0.2) is 18.0 Å². The number of hydrogen-bond donors (Lipinski definition) is 2. The molecule has 2 rings (SSSR count). The lowest BCUT2D eigenvalue weighted by Crippen LogP contribution is -2.47. The van der Waals surface area contributed by atoms with Crippen molar-refractivity contribution >= 4 is 29.3 Å². The van der Waals surface area contributed by atoms with Crippen molar-refractivity contribution in [3.63, 3.8) is 0 Å². The van der Waals surface area contributed by atoms with Crippen molar-refractivity contribution in [2.75, 3.05) is 5.32 Å². The first-order chi connectivity index (χ1) is 12.9. The van der Waals surface area contributed by atoms with Crippen LogP contribution < -0.4 is 10.6 Å². The van der Waals surface area contributed by atoms with E-state index in [1.54, 1.807) is 12.1 Å². The molecule has 0 aromatic heterocycles. The van der Waals surface area contributed by atoms with Crippen molar-refractivity contribution in [3.8, 4) is 0 Å². The zero-order chi connectivity index (χ0) is 19.8. The molecule has 0 bridgehead atoms. The Bertz CT molecular complexity index is 780. The molecule has 27 heavy (non-hydrogen) atoms. The number of anilines is 1. The molecule has 0 heterocycles. The van der Waals surface area contributed by atoms with Gasteiger partial charge >= 0.3 is 6.09 Å². The summed E-state index contributed by atoms with van der Waals surface area (Å²) in [5.41, 5.74) is 2.40. The Kier molecular flexibility index (Phi) is 7.67. The van der Waals surface area contributed by atoms with E-state index in [1.165, 1.54) is 0 Å². The van der Waals surface area contributed by atoms with E-state index in [0.717, 1.165) is 17.5 Å². The van der Waals surface area contributed by atoms with Gasteiger partial charge in [0.2, 0.25) is 5.91 Å². The summed E-state index contributed by atoms with van der Waals surface area (Å²) < 4.78 is 5.25. The van der Waals surface area contributed by atoms with Crippen LogP contribution in [0.4, 0.5) is 10.5 Å². The zero-order valence-corrected chi connectivity index (χ0v) is 16.5. The summed E-state index contributed by atoms with van der Waals surface area (Å²) in [5, 5.41) is 6.07. The minimum absolute atomic E-state index is 0.0613. The maximum Gasteiger partial charge on any atom is 0.408 e. The van der Waals surface area contributed by atoms with Gasteiger partial charge in [0, 0.05) is 10.7 Å². The van der Waals surface area contributed by atoms with Gasteiger partial charge in [0.1, 0.15) is 12.6 Å². The number of nitrogens with one attached hydrogen (secondary N) is 2. The molecule has 0 aliphatic carbocycles. The number of carbonyl (C=O) groups excluding carboxylic acids is 2. The highest BCUT2D eigenvalue weighted by Gasteiger charge is 2.27. The molecule has 2 atom stereocenters. The summed E-state index contributed by atoms with van der Waals surface area (Å²) in [4.78, 5) is 25.0. The molecule has 0 fully saturated rings. The van der Waals surface area contributed by atoms with Gasteiger partial charge in [-0.15, -0.1) is 0 Å². The second-order valence-electron chi connectivity index (χ2n) is 6.52. The number of rotatable bonds is 7. The highest BCUT2D eigenvalue weighted by molar-refractivity contribution is 6.31. The van der Waals surface area contributed by atoms with Gasteiger partial charge < -0.3 is 15.4 Å². The van der Waals surface area contributed by atoms with Crippen molar-refractivity contribution < 1.29 is 14.3 Å². The molecule has 2 aromatic rings. The number of amides is 2. The van der Waals surface area contributed by atoms with Crippen LogP contribution >= 0.6 is 11.6 Å². The van der Waals surface area contributed by atoms with E-state index in [1.807, 2.05) is 57.2 Å². The molecule has 0 aliphatic heterocycles. The first-order valence-electron chi connectivity index (χ1n) is 8.95. The number of ether oxygens (including phenoxy) is 1. The third-order valence-electron chi connectivity index (χ3n) is 4.44. The van der Waals surface area contributed by atoms with E-state index in [9.17, 15) is 9.59 Å². The van der Waals surface area contributed by atoms with Gasteiger partial charge in [-0.3, -0.25) is 4.79 Å². The van der Waals surface area contributed by atoms with Crippen LogP contribution in [0, 0.1) is 12.8 Å². The Labute approximate surface area is 165 Å². The van der Waals surface area contributed by atoms with Crippen LogP contribution in [0.1, 0.15) is 31.4 Å². The van der Waals surface area contributed by atoms with Crippen LogP contribution in [0.2, 0.25) is 5.02 Å². The van der Waals surface area contributed by atoms with Crippen LogP contribution in [0.5, 0.6) is 0 Å². The number of benzene rings is 2. The molecule has 144 valence electrons. The zero-order valence-electron chi connectivity index (χ0n) is 15.8. The number of halogens is 1. The summed E-state index contributed by atoms with van der Waals surface area (Å²) in [7, 11) is 0. The molecule has 2 N–H and O–H groups in total. The van der Waals surface area contributed by atoms with Gasteiger partial charge in [0.05, 0.1) is 0 Å². The van der Waals surface area contributed by atoms with Crippen molar-refractivity contribution in [1.29, 1.82) is 0 Å². The second-order valence-corrected chi connectivity index (χ2v) is 6.95. The van der Waals surface area contributed by atoms with Crippen molar-refractivity contribution in [1.82, 2.24) is 5.32 Å². The fourth-order valence-corrected chi connectivity index (χ4v) is 2.71. The molecule has 0 spiro atoms. The largest absolute Gasteiger partial charge is 0.445 e. The highest BCUT2D eigenvalue weighted by Crippen LogP contribution is 2.21. The molecular weight excluding hydrogens is 364 g/mol.